The highest BCUT2D eigenvalue weighted by atomic mass is 79.9. The van der Waals surface area contributed by atoms with E-state index in [-0.39, 0.29) is 19.4 Å². The predicted octanol–water partition coefficient (Wildman–Crippen LogP) is 4.82. The van der Waals surface area contributed by atoms with Crippen molar-refractivity contribution >= 4 is 27.0 Å². The Morgan fingerprint density at radius 3 is 2.52 bits per heavy atom. The van der Waals surface area contributed by atoms with E-state index in [9.17, 15) is 8.78 Å². The van der Waals surface area contributed by atoms with E-state index < -0.39 is 24.4 Å². The minimum atomic E-state index is -2.76. The van der Waals surface area contributed by atoms with E-state index >= 15 is 4.39 Å². The number of nitrogens with zero attached hydrogens (tertiary/aromatic N) is 5. The maximum absolute atomic E-state index is 15.2. The van der Waals surface area contributed by atoms with Gasteiger partial charge in [0.05, 0.1) is 27.9 Å². The van der Waals surface area contributed by atoms with Gasteiger partial charge in [0.2, 0.25) is 5.92 Å². The second-order valence-electron chi connectivity index (χ2n) is 7.35. The maximum Gasteiger partial charge on any atom is 0.248 e. The van der Waals surface area contributed by atoms with Crippen LogP contribution in [0.3, 0.4) is 0 Å². The SMILES string of the molecule is Cc1nnn(C)c1-c1cnc2c(Br)cn(CC3(F)CCC(F)(F)CC3)c2c1. The first kappa shape index (κ1) is 18.5. The maximum atomic E-state index is 15.2. The topological polar surface area (TPSA) is 48.5 Å². The highest BCUT2D eigenvalue weighted by Crippen LogP contribution is 2.42. The van der Waals surface area contributed by atoms with Crippen LogP contribution in [0.2, 0.25) is 0 Å². The lowest BCUT2D eigenvalue weighted by Crippen LogP contribution is -2.38. The van der Waals surface area contributed by atoms with Gasteiger partial charge in [0, 0.05) is 37.8 Å². The van der Waals surface area contributed by atoms with Crippen molar-refractivity contribution < 1.29 is 13.2 Å². The summed E-state index contributed by atoms with van der Waals surface area (Å²) < 4.78 is 46.2. The Hall–Kier alpha value is -1.90. The monoisotopic (exact) mass is 441 g/mol. The van der Waals surface area contributed by atoms with Gasteiger partial charge in [0.15, 0.2) is 0 Å². The Bertz CT molecular complexity index is 981. The molecule has 0 saturated heterocycles. The molecule has 0 bridgehead atoms. The molecule has 1 saturated carbocycles. The molecule has 0 aromatic carbocycles. The Balaban J connectivity index is 1.72. The van der Waals surface area contributed by atoms with Crippen molar-refractivity contribution in [3.8, 4) is 11.3 Å². The molecule has 3 aromatic heterocycles. The van der Waals surface area contributed by atoms with Gasteiger partial charge < -0.3 is 4.57 Å². The third kappa shape index (κ3) is 3.37. The minimum Gasteiger partial charge on any atom is -0.342 e. The van der Waals surface area contributed by atoms with Crippen LogP contribution < -0.4 is 0 Å². The summed E-state index contributed by atoms with van der Waals surface area (Å²) in [5, 5.41) is 8.07. The summed E-state index contributed by atoms with van der Waals surface area (Å²) in [6.07, 6.45) is 2.39. The van der Waals surface area contributed by atoms with Crippen LogP contribution in [0.25, 0.3) is 22.3 Å². The van der Waals surface area contributed by atoms with Crippen LogP contribution >= 0.6 is 15.9 Å². The number of alkyl halides is 3. The second kappa shape index (κ2) is 6.32. The smallest absolute Gasteiger partial charge is 0.248 e. The minimum absolute atomic E-state index is 0.0267. The molecule has 9 heteroatoms. The number of halogens is 4. The fraction of sp³-hybridized carbons (Fsp3) is 0.500. The number of hydrogen-bond donors (Lipinski definition) is 0. The van der Waals surface area contributed by atoms with Gasteiger partial charge in [-0.05, 0) is 41.8 Å². The molecule has 0 amide bonds. The summed E-state index contributed by atoms with van der Waals surface area (Å²) in [6.45, 7) is 1.89. The molecule has 0 radical (unpaired) electrons. The average Bonchev–Trinajstić information content (AvgIpc) is 3.10. The van der Waals surface area contributed by atoms with Gasteiger partial charge in [-0.25, -0.2) is 17.9 Å². The molecule has 27 heavy (non-hydrogen) atoms. The van der Waals surface area contributed by atoms with Crippen LogP contribution in [0.15, 0.2) is 22.9 Å². The van der Waals surface area contributed by atoms with E-state index in [0.29, 0.717) is 5.52 Å². The standard InChI is InChI=1S/C18H19BrF3N5/c1-11-16(26(2)25-24-11)12-7-14-15(23-8-12)13(19)9-27(14)10-17(20)3-5-18(21,22)6-4-17/h7-9H,3-6,10H2,1-2H3. The molecule has 3 aromatic rings. The largest absolute Gasteiger partial charge is 0.342 e. The normalized spacial score (nSPS) is 18.9. The van der Waals surface area contributed by atoms with Crippen LogP contribution in [0.5, 0.6) is 0 Å². The molecule has 0 spiro atoms. The average molecular weight is 442 g/mol. The molecule has 0 unspecified atom stereocenters. The second-order valence-corrected chi connectivity index (χ2v) is 8.20. The van der Waals surface area contributed by atoms with Gasteiger partial charge in [0.25, 0.3) is 0 Å². The number of aromatic nitrogens is 5. The predicted molar refractivity (Wildman–Crippen MR) is 99.4 cm³/mol. The lowest BCUT2D eigenvalue weighted by Gasteiger charge is -2.34. The van der Waals surface area contributed by atoms with Crippen molar-refractivity contribution in [2.75, 3.05) is 0 Å². The quantitative estimate of drug-likeness (QED) is 0.585. The van der Waals surface area contributed by atoms with Crippen LogP contribution in [0.4, 0.5) is 13.2 Å². The van der Waals surface area contributed by atoms with E-state index in [4.69, 9.17) is 0 Å². The number of pyridine rings is 1. The molecule has 5 nitrogen and oxygen atoms in total. The third-order valence-electron chi connectivity index (χ3n) is 5.27. The lowest BCUT2D eigenvalue weighted by molar-refractivity contribution is -0.0791. The number of fused-ring (bicyclic) bond motifs is 1. The van der Waals surface area contributed by atoms with Gasteiger partial charge in [-0.2, -0.15) is 0 Å². The van der Waals surface area contributed by atoms with Crippen molar-refractivity contribution in [2.45, 2.75) is 50.7 Å². The van der Waals surface area contributed by atoms with Gasteiger partial charge in [-0.15, -0.1) is 5.10 Å². The lowest BCUT2D eigenvalue weighted by atomic mass is 9.84. The van der Waals surface area contributed by atoms with Crippen molar-refractivity contribution in [3.63, 3.8) is 0 Å². The van der Waals surface area contributed by atoms with E-state index in [0.717, 1.165) is 26.9 Å². The van der Waals surface area contributed by atoms with Crippen molar-refractivity contribution in [1.82, 2.24) is 24.5 Å². The number of aryl methyl sites for hydroxylation is 2. The molecular weight excluding hydrogens is 423 g/mol. The van der Waals surface area contributed by atoms with E-state index in [1.165, 1.54) is 0 Å². The summed E-state index contributed by atoms with van der Waals surface area (Å²) in [4.78, 5) is 4.50. The molecule has 4 rings (SSSR count). The third-order valence-corrected chi connectivity index (χ3v) is 5.85. The van der Waals surface area contributed by atoms with Crippen molar-refractivity contribution in [2.24, 2.45) is 7.05 Å². The number of hydrogen-bond acceptors (Lipinski definition) is 3. The Morgan fingerprint density at radius 1 is 1.19 bits per heavy atom. The molecule has 3 heterocycles. The van der Waals surface area contributed by atoms with Crippen molar-refractivity contribution in [1.29, 1.82) is 0 Å². The summed E-state index contributed by atoms with van der Waals surface area (Å²) in [7, 11) is 1.80. The first-order valence-corrected chi connectivity index (χ1v) is 9.55. The summed E-state index contributed by atoms with van der Waals surface area (Å²) >= 11 is 3.46. The molecular formula is C18H19BrF3N5. The Kier molecular flexibility index (Phi) is 4.32. The van der Waals surface area contributed by atoms with E-state index in [2.05, 4.69) is 31.2 Å². The first-order valence-electron chi connectivity index (χ1n) is 8.75. The van der Waals surface area contributed by atoms with Gasteiger partial charge >= 0.3 is 0 Å². The van der Waals surface area contributed by atoms with E-state index in [1.54, 1.807) is 28.7 Å². The van der Waals surface area contributed by atoms with Gasteiger partial charge in [-0.3, -0.25) is 4.98 Å². The fourth-order valence-electron chi connectivity index (χ4n) is 3.77. The molecule has 1 aliphatic rings. The Morgan fingerprint density at radius 2 is 1.89 bits per heavy atom. The zero-order valence-corrected chi connectivity index (χ0v) is 16.6. The molecule has 0 aliphatic heterocycles. The summed E-state index contributed by atoms with van der Waals surface area (Å²) in [6, 6.07) is 1.92. The number of rotatable bonds is 3. The highest BCUT2D eigenvalue weighted by molar-refractivity contribution is 9.10. The highest BCUT2D eigenvalue weighted by Gasteiger charge is 2.44. The summed E-state index contributed by atoms with van der Waals surface area (Å²) in [5.41, 5.74) is 2.23. The van der Waals surface area contributed by atoms with Gasteiger partial charge in [-0.1, -0.05) is 5.21 Å². The zero-order chi connectivity index (χ0) is 19.4. The molecule has 144 valence electrons. The Labute approximate surface area is 162 Å². The zero-order valence-electron chi connectivity index (χ0n) is 15.0. The molecule has 0 N–H and O–H groups in total. The van der Waals surface area contributed by atoms with Crippen molar-refractivity contribution in [3.05, 3.63) is 28.6 Å². The molecule has 1 aliphatic carbocycles. The van der Waals surface area contributed by atoms with E-state index in [1.807, 2.05) is 13.0 Å². The molecule has 0 atom stereocenters. The van der Waals surface area contributed by atoms with Crippen LogP contribution in [0.1, 0.15) is 31.4 Å². The fourth-order valence-corrected chi connectivity index (χ4v) is 4.32. The first-order chi connectivity index (χ1) is 12.7. The summed E-state index contributed by atoms with van der Waals surface area (Å²) in [5.74, 6) is -2.76. The van der Waals surface area contributed by atoms with Crippen LogP contribution in [-0.4, -0.2) is 36.1 Å². The van der Waals surface area contributed by atoms with Crippen LogP contribution in [0, 0.1) is 6.92 Å². The molecule has 1 fully saturated rings. The van der Waals surface area contributed by atoms with Gasteiger partial charge in [0.1, 0.15) is 11.2 Å². The van der Waals surface area contributed by atoms with Crippen LogP contribution in [-0.2, 0) is 13.6 Å².